The van der Waals surface area contributed by atoms with Crippen LogP contribution in [0.15, 0.2) is 77.3 Å². The predicted molar refractivity (Wildman–Crippen MR) is 152 cm³/mol. The Bertz CT molecular complexity index is 1590. The summed E-state index contributed by atoms with van der Waals surface area (Å²) >= 11 is 18.5. The molecule has 0 saturated carbocycles. The van der Waals surface area contributed by atoms with Gasteiger partial charge in [0.1, 0.15) is 17.6 Å². The van der Waals surface area contributed by atoms with E-state index in [1.54, 1.807) is 18.3 Å². The van der Waals surface area contributed by atoms with Gasteiger partial charge in [0, 0.05) is 17.4 Å². The third-order valence-electron chi connectivity index (χ3n) is 6.02. The standard InChI is InChI=1S/C26H22Cl2N4O3S2/c1-15-14-16(9-10-19(15)31-37(2,33)34)32-25(24(30-26(32)36)20-8-3-4-13-29-20)22-12-11-21(35-22)17-6-5-7-18(27)23(17)28/h3-14,24-25,31H,1-2H3,(H,30,36). The van der Waals surface area contributed by atoms with Gasteiger partial charge in [-0.15, -0.1) is 0 Å². The number of anilines is 2. The van der Waals surface area contributed by atoms with Crippen molar-refractivity contribution in [3.63, 3.8) is 0 Å². The molecule has 1 fully saturated rings. The molecule has 2 N–H and O–H groups in total. The average molecular weight is 574 g/mol. The van der Waals surface area contributed by atoms with Crippen molar-refractivity contribution < 1.29 is 12.8 Å². The first-order valence-corrected chi connectivity index (χ1v) is 14.3. The Labute approximate surface area is 230 Å². The second-order valence-electron chi connectivity index (χ2n) is 8.67. The summed E-state index contributed by atoms with van der Waals surface area (Å²) in [5, 5.41) is 4.72. The zero-order valence-electron chi connectivity index (χ0n) is 19.8. The number of hydrogen-bond donors (Lipinski definition) is 2. The molecule has 0 spiro atoms. The fourth-order valence-electron chi connectivity index (χ4n) is 4.38. The van der Waals surface area contributed by atoms with Crippen molar-refractivity contribution in [3.05, 3.63) is 100.0 Å². The lowest BCUT2D eigenvalue weighted by molar-refractivity contribution is 0.439. The van der Waals surface area contributed by atoms with Crippen LogP contribution in [0.5, 0.6) is 0 Å². The lowest BCUT2D eigenvalue weighted by atomic mass is 10.0. The zero-order valence-corrected chi connectivity index (χ0v) is 22.9. The van der Waals surface area contributed by atoms with Gasteiger partial charge in [0.25, 0.3) is 0 Å². The fraction of sp³-hybridized carbons (Fsp3) is 0.154. The smallest absolute Gasteiger partial charge is 0.229 e. The second-order valence-corrected chi connectivity index (χ2v) is 11.6. The summed E-state index contributed by atoms with van der Waals surface area (Å²) < 4.78 is 32.4. The Balaban J connectivity index is 1.59. The maximum atomic E-state index is 11.8. The number of furan rings is 1. The van der Waals surface area contributed by atoms with Crippen molar-refractivity contribution in [2.45, 2.75) is 19.0 Å². The molecular weight excluding hydrogens is 551 g/mol. The monoisotopic (exact) mass is 572 g/mol. The summed E-state index contributed by atoms with van der Waals surface area (Å²) in [6.07, 6.45) is 2.85. The number of benzene rings is 2. The molecule has 2 aromatic carbocycles. The molecule has 2 unspecified atom stereocenters. The molecule has 2 aromatic heterocycles. The molecule has 0 aliphatic carbocycles. The summed E-state index contributed by atoms with van der Waals surface area (Å²) in [6, 6.07) is 19.6. The first-order chi connectivity index (χ1) is 17.6. The minimum atomic E-state index is -3.42. The van der Waals surface area contributed by atoms with Crippen LogP contribution in [0, 0.1) is 6.92 Å². The Morgan fingerprint density at radius 1 is 1.08 bits per heavy atom. The number of hydrogen-bond acceptors (Lipinski definition) is 5. The van der Waals surface area contributed by atoms with Crippen molar-refractivity contribution in [1.82, 2.24) is 10.3 Å². The number of thiocarbonyl (C=S) groups is 1. The summed E-state index contributed by atoms with van der Waals surface area (Å²) in [5.41, 5.74) is 3.50. The van der Waals surface area contributed by atoms with Gasteiger partial charge in [-0.05, 0) is 79.3 Å². The number of aryl methyl sites for hydroxylation is 1. The maximum Gasteiger partial charge on any atom is 0.229 e. The largest absolute Gasteiger partial charge is 0.459 e. The van der Waals surface area contributed by atoms with Gasteiger partial charge in [0.2, 0.25) is 10.0 Å². The van der Waals surface area contributed by atoms with Crippen LogP contribution < -0.4 is 14.9 Å². The molecule has 1 aliphatic rings. The van der Waals surface area contributed by atoms with E-state index in [-0.39, 0.29) is 12.1 Å². The summed E-state index contributed by atoms with van der Waals surface area (Å²) in [6.45, 7) is 1.83. The first kappa shape index (κ1) is 25.5. The highest BCUT2D eigenvalue weighted by molar-refractivity contribution is 7.92. The van der Waals surface area contributed by atoms with Gasteiger partial charge >= 0.3 is 0 Å². The lowest BCUT2D eigenvalue weighted by Crippen LogP contribution is -2.29. The molecule has 2 atom stereocenters. The third-order valence-corrected chi connectivity index (χ3v) is 7.74. The van der Waals surface area contributed by atoms with Gasteiger partial charge in [-0.1, -0.05) is 35.3 Å². The predicted octanol–water partition coefficient (Wildman–Crippen LogP) is 6.51. The molecule has 1 saturated heterocycles. The molecule has 3 heterocycles. The molecule has 11 heteroatoms. The highest BCUT2D eigenvalue weighted by Gasteiger charge is 2.42. The zero-order chi connectivity index (χ0) is 26.3. The summed E-state index contributed by atoms with van der Waals surface area (Å²) in [7, 11) is -3.42. The van der Waals surface area contributed by atoms with E-state index >= 15 is 0 Å². The van der Waals surface area contributed by atoms with Crippen molar-refractivity contribution in [3.8, 4) is 11.3 Å². The van der Waals surface area contributed by atoms with Crippen LogP contribution in [0.3, 0.4) is 0 Å². The van der Waals surface area contributed by atoms with Crippen LogP contribution in [0.4, 0.5) is 11.4 Å². The molecular formula is C26H22Cl2N4O3S2. The Morgan fingerprint density at radius 2 is 1.89 bits per heavy atom. The Hall–Kier alpha value is -3.11. The van der Waals surface area contributed by atoms with Gasteiger partial charge in [-0.25, -0.2) is 8.42 Å². The van der Waals surface area contributed by atoms with Gasteiger partial charge in [0.15, 0.2) is 5.11 Å². The number of nitrogens with one attached hydrogen (secondary N) is 2. The maximum absolute atomic E-state index is 11.8. The summed E-state index contributed by atoms with van der Waals surface area (Å²) in [5.74, 6) is 1.22. The van der Waals surface area contributed by atoms with Crippen LogP contribution in [0.25, 0.3) is 11.3 Å². The van der Waals surface area contributed by atoms with Gasteiger partial charge in [0.05, 0.1) is 33.7 Å². The highest BCUT2D eigenvalue weighted by Crippen LogP contribution is 2.44. The van der Waals surface area contributed by atoms with Crippen molar-refractivity contribution >= 4 is 61.9 Å². The SMILES string of the molecule is Cc1cc(N2C(=S)NC(c3ccccn3)C2c2ccc(-c3cccc(Cl)c3Cl)o2)ccc1NS(C)(=O)=O. The number of nitrogens with zero attached hydrogens (tertiary/aromatic N) is 2. The van der Waals surface area contributed by atoms with Crippen LogP contribution in [-0.4, -0.2) is 24.8 Å². The molecule has 0 bridgehead atoms. The van der Waals surface area contributed by atoms with Gasteiger partial charge in [-0.2, -0.15) is 0 Å². The fourth-order valence-corrected chi connectivity index (χ4v) is 5.75. The average Bonchev–Trinajstić information content (AvgIpc) is 3.46. The molecule has 7 nitrogen and oxygen atoms in total. The quantitative estimate of drug-likeness (QED) is 0.255. The van der Waals surface area contributed by atoms with E-state index in [1.807, 2.05) is 66.4 Å². The number of aromatic nitrogens is 1. The van der Waals surface area contributed by atoms with E-state index in [4.69, 9.17) is 39.8 Å². The van der Waals surface area contributed by atoms with E-state index in [1.165, 1.54) is 0 Å². The van der Waals surface area contributed by atoms with Crippen molar-refractivity contribution in [1.29, 1.82) is 0 Å². The van der Waals surface area contributed by atoms with E-state index in [0.717, 1.165) is 23.2 Å². The minimum absolute atomic E-state index is 0.309. The molecule has 37 heavy (non-hydrogen) atoms. The van der Waals surface area contributed by atoms with Crippen LogP contribution in [0.1, 0.15) is 29.1 Å². The topological polar surface area (TPSA) is 87.5 Å². The second kappa shape index (κ2) is 9.98. The third kappa shape index (κ3) is 5.17. The van der Waals surface area contributed by atoms with Crippen LogP contribution >= 0.6 is 35.4 Å². The van der Waals surface area contributed by atoms with Gasteiger partial charge < -0.3 is 14.6 Å². The molecule has 5 rings (SSSR count). The Morgan fingerprint density at radius 3 is 2.59 bits per heavy atom. The van der Waals surface area contributed by atoms with E-state index in [2.05, 4.69) is 15.0 Å². The number of halogens is 2. The number of pyridine rings is 1. The van der Waals surface area contributed by atoms with Crippen molar-refractivity contribution in [2.24, 2.45) is 0 Å². The Kier molecular flexibility index (Phi) is 6.89. The normalized spacial score (nSPS) is 17.6. The van der Waals surface area contributed by atoms with E-state index in [9.17, 15) is 8.42 Å². The first-order valence-electron chi connectivity index (χ1n) is 11.3. The molecule has 0 amide bonds. The van der Waals surface area contributed by atoms with Crippen molar-refractivity contribution in [2.75, 3.05) is 15.9 Å². The minimum Gasteiger partial charge on any atom is -0.459 e. The molecule has 4 aromatic rings. The van der Waals surface area contributed by atoms with E-state index in [0.29, 0.717) is 37.9 Å². The molecule has 190 valence electrons. The van der Waals surface area contributed by atoms with Gasteiger partial charge in [-0.3, -0.25) is 9.71 Å². The number of rotatable bonds is 6. The summed E-state index contributed by atoms with van der Waals surface area (Å²) in [4.78, 5) is 6.51. The highest BCUT2D eigenvalue weighted by atomic mass is 35.5. The lowest BCUT2D eigenvalue weighted by Gasteiger charge is -2.26. The van der Waals surface area contributed by atoms with Crippen LogP contribution in [-0.2, 0) is 10.0 Å². The van der Waals surface area contributed by atoms with Crippen LogP contribution in [0.2, 0.25) is 10.0 Å². The molecule has 1 aliphatic heterocycles. The number of sulfonamides is 1. The van der Waals surface area contributed by atoms with E-state index < -0.39 is 10.0 Å². The molecule has 0 radical (unpaired) electrons.